The van der Waals surface area contributed by atoms with Gasteiger partial charge < -0.3 is 25.0 Å². The van der Waals surface area contributed by atoms with E-state index in [4.69, 9.17) is 14.5 Å². The zero-order valence-corrected chi connectivity index (χ0v) is 20.7. The van der Waals surface area contributed by atoms with Crippen LogP contribution in [0.3, 0.4) is 0 Å². The third-order valence-corrected chi connectivity index (χ3v) is 4.91. The molecule has 29 heavy (non-hydrogen) atoms. The van der Waals surface area contributed by atoms with E-state index in [1.807, 2.05) is 13.8 Å². The molecular formula is C20H40IN5O3. The summed E-state index contributed by atoms with van der Waals surface area (Å²) < 4.78 is 11.1. The normalized spacial score (nSPS) is 20.6. The van der Waals surface area contributed by atoms with Crippen molar-refractivity contribution in [3.8, 4) is 0 Å². The van der Waals surface area contributed by atoms with Gasteiger partial charge in [-0.1, -0.05) is 0 Å². The third-order valence-electron chi connectivity index (χ3n) is 4.91. The minimum absolute atomic E-state index is 0. The molecule has 8 nitrogen and oxygen atoms in total. The lowest BCUT2D eigenvalue weighted by Crippen LogP contribution is -2.54. The number of amides is 1. The molecule has 2 rings (SSSR count). The minimum atomic E-state index is 0. The van der Waals surface area contributed by atoms with Crippen LogP contribution in [-0.2, 0) is 14.3 Å². The second kappa shape index (κ2) is 15.2. The van der Waals surface area contributed by atoms with Gasteiger partial charge >= 0.3 is 0 Å². The van der Waals surface area contributed by atoms with Crippen molar-refractivity contribution in [3.05, 3.63) is 0 Å². The molecule has 0 spiro atoms. The third kappa shape index (κ3) is 10.8. The standard InChI is InChI=1S/C20H39N5O3.HI/c1-4-21-20(22-7-5-12-27-15-18-6-13-28-16-18)25-10-8-24(9-11-25)14-19(26)23-17(2)3;/h17-18H,4-16H2,1-3H3,(H,21,22)(H,23,26);1H. The van der Waals surface area contributed by atoms with Gasteiger partial charge in [0.25, 0.3) is 0 Å². The summed E-state index contributed by atoms with van der Waals surface area (Å²) in [6, 6.07) is 0.191. The highest BCUT2D eigenvalue weighted by Crippen LogP contribution is 2.12. The molecule has 2 N–H and O–H groups in total. The van der Waals surface area contributed by atoms with Crippen LogP contribution in [0, 0.1) is 5.92 Å². The van der Waals surface area contributed by atoms with E-state index < -0.39 is 0 Å². The Morgan fingerprint density at radius 2 is 2.03 bits per heavy atom. The molecule has 0 radical (unpaired) electrons. The van der Waals surface area contributed by atoms with Gasteiger partial charge in [0.1, 0.15) is 0 Å². The first-order valence-electron chi connectivity index (χ1n) is 10.8. The van der Waals surface area contributed by atoms with Gasteiger partial charge in [-0.25, -0.2) is 0 Å². The Kier molecular flexibility index (Phi) is 13.8. The van der Waals surface area contributed by atoms with Gasteiger partial charge in [-0.3, -0.25) is 14.7 Å². The van der Waals surface area contributed by atoms with Crippen molar-refractivity contribution in [1.29, 1.82) is 0 Å². The molecule has 1 unspecified atom stereocenters. The van der Waals surface area contributed by atoms with Gasteiger partial charge in [0.05, 0.1) is 19.8 Å². The van der Waals surface area contributed by atoms with Crippen molar-refractivity contribution >= 4 is 35.8 Å². The molecule has 2 heterocycles. The smallest absolute Gasteiger partial charge is 0.234 e. The van der Waals surface area contributed by atoms with Gasteiger partial charge in [-0.15, -0.1) is 24.0 Å². The summed E-state index contributed by atoms with van der Waals surface area (Å²) in [5.41, 5.74) is 0. The number of nitrogens with one attached hydrogen (secondary N) is 2. The molecule has 1 amide bonds. The van der Waals surface area contributed by atoms with Crippen molar-refractivity contribution in [3.63, 3.8) is 0 Å². The van der Waals surface area contributed by atoms with Crippen LogP contribution >= 0.6 is 24.0 Å². The number of halogens is 1. The van der Waals surface area contributed by atoms with Crippen LogP contribution in [0.5, 0.6) is 0 Å². The molecule has 0 aromatic rings. The number of hydrogen-bond acceptors (Lipinski definition) is 5. The minimum Gasteiger partial charge on any atom is -0.381 e. The fraction of sp³-hybridized carbons (Fsp3) is 0.900. The molecule has 0 aromatic heterocycles. The van der Waals surface area contributed by atoms with Crippen LogP contribution in [0.25, 0.3) is 0 Å². The average molecular weight is 525 g/mol. The Balaban J connectivity index is 0.00000420. The number of piperazine rings is 1. The lowest BCUT2D eigenvalue weighted by molar-refractivity contribution is -0.123. The number of hydrogen-bond donors (Lipinski definition) is 2. The first kappa shape index (κ1) is 26.4. The molecule has 1 atom stereocenters. The lowest BCUT2D eigenvalue weighted by atomic mass is 10.1. The molecule has 2 saturated heterocycles. The fourth-order valence-electron chi connectivity index (χ4n) is 3.43. The number of aliphatic imine (C=N–C) groups is 1. The molecule has 9 heteroatoms. The maximum absolute atomic E-state index is 11.9. The average Bonchev–Trinajstić information content (AvgIpc) is 3.17. The molecule has 0 saturated carbocycles. The number of carbonyl (C=O) groups excluding carboxylic acids is 1. The van der Waals surface area contributed by atoms with Crippen molar-refractivity contribution in [2.45, 2.75) is 39.7 Å². The molecule has 2 aliphatic rings. The van der Waals surface area contributed by atoms with Gasteiger partial charge in [-0.2, -0.15) is 0 Å². The molecule has 170 valence electrons. The first-order chi connectivity index (χ1) is 13.6. The maximum Gasteiger partial charge on any atom is 0.234 e. The van der Waals surface area contributed by atoms with Crippen LogP contribution < -0.4 is 10.6 Å². The summed E-state index contributed by atoms with van der Waals surface area (Å²) in [4.78, 5) is 21.2. The lowest BCUT2D eigenvalue weighted by Gasteiger charge is -2.36. The molecule has 0 aromatic carbocycles. The highest BCUT2D eigenvalue weighted by atomic mass is 127. The summed E-state index contributed by atoms with van der Waals surface area (Å²) in [5, 5.41) is 6.35. The van der Waals surface area contributed by atoms with E-state index in [-0.39, 0.29) is 35.9 Å². The Bertz CT molecular complexity index is 479. The van der Waals surface area contributed by atoms with Crippen LogP contribution in [0.15, 0.2) is 4.99 Å². The highest BCUT2D eigenvalue weighted by Gasteiger charge is 2.21. The van der Waals surface area contributed by atoms with Crippen LogP contribution in [0.2, 0.25) is 0 Å². The van der Waals surface area contributed by atoms with Gasteiger partial charge in [0.15, 0.2) is 5.96 Å². The maximum atomic E-state index is 11.9. The Labute approximate surface area is 193 Å². The van der Waals surface area contributed by atoms with E-state index in [1.165, 1.54) is 0 Å². The van der Waals surface area contributed by atoms with Gasteiger partial charge in [0.2, 0.25) is 5.91 Å². The summed E-state index contributed by atoms with van der Waals surface area (Å²) in [6.07, 6.45) is 2.05. The van der Waals surface area contributed by atoms with Crippen LogP contribution in [-0.4, -0.2) is 99.9 Å². The van der Waals surface area contributed by atoms with E-state index in [2.05, 4.69) is 27.4 Å². The molecule has 0 aliphatic carbocycles. The van der Waals surface area contributed by atoms with E-state index in [0.717, 1.165) is 84.5 Å². The summed E-state index contributed by atoms with van der Waals surface area (Å²) in [5.74, 6) is 1.64. The largest absolute Gasteiger partial charge is 0.381 e. The molecule has 2 fully saturated rings. The van der Waals surface area contributed by atoms with Crippen molar-refractivity contribution < 1.29 is 14.3 Å². The molecule has 0 bridgehead atoms. The number of carbonyl (C=O) groups is 1. The summed E-state index contributed by atoms with van der Waals surface area (Å²) >= 11 is 0. The van der Waals surface area contributed by atoms with Gasteiger partial charge in [-0.05, 0) is 33.6 Å². The molecule has 2 aliphatic heterocycles. The SMILES string of the molecule is CCNC(=NCCCOCC1CCOC1)N1CCN(CC(=O)NC(C)C)CC1.I. The van der Waals surface area contributed by atoms with E-state index in [0.29, 0.717) is 12.5 Å². The summed E-state index contributed by atoms with van der Waals surface area (Å²) in [6.45, 7) is 15.0. The number of ether oxygens (including phenoxy) is 2. The van der Waals surface area contributed by atoms with Crippen LogP contribution in [0.1, 0.15) is 33.6 Å². The predicted molar refractivity (Wildman–Crippen MR) is 127 cm³/mol. The second-order valence-corrected chi connectivity index (χ2v) is 7.88. The predicted octanol–water partition coefficient (Wildman–Crippen LogP) is 1.16. The highest BCUT2D eigenvalue weighted by molar-refractivity contribution is 14.0. The quantitative estimate of drug-likeness (QED) is 0.193. The Morgan fingerprint density at radius 3 is 2.66 bits per heavy atom. The fourth-order valence-corrected chi connectivity index (χ4v) is 3.43. The van der Waals surface area contributed by atoms with Gasteiger partial charge in [0, 0.05) is 64.4 Å². The van der Waals surface area contributed by atoms with Crippen molar-refractivity contribution in [1.82, 2.24) is 20.4 Å². The van der Waals surface area contributed by atoms with Crippen molar-refractivity contribution in [2.75, 3.05) is 72.2 Å². The van der Waals surface area contributed by atoms with E-state index in [1.54, 1.807) is 0 Å². The topological polar surface area (TPSA) is 78.4 Å². The second-order valence-electron chi connectivity index (χ2n) is 7.88. The van der Waals surface area contributed by atoms with E-state index in [9.17, 15) is 4.79 Å². The molecular weight excluding hydrogens is 485 g/mol. The number of nitrogens with zero attached hydrogens (tertiary/aromatic N) is 3. The monoisotopic (exact) mass is 525 g/mol. The van der Waals surface area contributed by atoms with Crippen LogP contribution in [0.4, 0.5) is 0 Å². The number of guanidine groups is 1. The Morgan fingerprint density at radius 1 is 1.28 bits per heavy atom. The van der Waals surface area contributed by atoms with E-state index >= 15 is 0 Å². The zero-order chi connectivity index (χ0) is 20.2. The zero-order valence-electron chi connectivity index (χ0n) is 18.3. The first-order valence-corrected chi connectivity index (χ1v) is 10.8. The van der Waals surface area contributed by atoms with Crippen molar-refractivity contribution in [2.24, 2.45) is 10.9 Å². The number of rotatable bonds is 10. The summed E-state index contributed by atoms with van der Waals surface area (Å²) in [7, 11) is 0. The Hall–Kier alpha value is -0.650.